The molecule has 0 radical (unpaired) electrons. The summed E-state index contributed by atoms with van der Waals surface area (Å²) in [5, 5.41) is 28.4. The zero-order chi connectivity index (χ0) is 34.1. The highest BCUT2D eigenvalue weighted by Gasteiger charge is 2.33. The van der Waals surface area contributed by atoms with Crippen molar-refractivity contribution >= 4 is 32.2 Å². The van der Waals surface area contributed by atoms with Crippen LogP contribution in [0.5, 0.6) is 0 Å². The molecule has 0 amide bonds. The molecule has 4 aromatic carbocycles. The fourth-order valence-corrected chi connectivity index (χ4v) is 6.49. The number of nitrogens with zero attached hydrogens (tertiary/aromatic N) is 8. The van der Waals surface area contributed by atoms with Gasteiger partial charge in [0, 0.05) is 23.0 Å². The predicted octanol–water partition coefficient (Wildman–Crippen LogP) is 5.51. The number of rotatable bonds is 10. The Bertz CT molecular complexity index is 2110. The molecule has 0 bridgehead atoms. The highest BCUT2D eigenvalue weighted by atomic mass is 32.2. The first-order valence-electron chi connectivity index (χ1n) is 13.9. The van der Waals surface area contributed by atoms with Gasteiger partial charge in [-0.2, -0.15) is 36.8 Å². The SMILES string of the molecule is O=S(=O)(c1ccc(C(F)(F)F)cc1)N(Cc1nn[nH]n1)c1ccc(N(Cc2ccc(C(F)(F)F)cc2)Cc2nn[nH]n2)c2ccccc12. The van der Waals surface area contributed by atoms with Crippen molar-refractivity contribution in [2.45, 2.75) is 36.9 Å². The number of nitrogens with one attached hydrogen (secondary N) is 2. The van der Waals surface area contributed by atoms with E-state index in [2.05, 4.69) is 41.2 Å². The minimum Gasteiger partial charge on any atom is -0.359 e. The molecule has 2 heterocycles. The van der Waals surface area contributed by atoms with Crippen molar-refractivity contribution in [3.63, 3.8) is 0 Å². The summed E-state index contributed by atoms with van der Waals surface area (Å²) in [6.07, 6.45) is -9.19. The largest absolute Gasteiger partial charge is 0.416 e. The topological polar surface area (TPSA) is 150 Å². The number of halogens is 6. The van der Waals surface area contributed by atoms with Crippen LogP contribution in [0.15, 0.2) is 89.8 Å². The van der Waals surface area contributed by atoms with Crippen LogP contribution >= 0.6 is 0 Å². The van der Waals surface area contributed by atoms with E-state index in [4.69, 9.17) is 0 Å². The van der Waals surface area contributed by atoms with Crippen LogP contribution in [0.3, 0.4) is 0 Å². The normalized spacial score (nSPS) is 12.4. The lowest BCUT2D eigenvalue weighted by atomic mass is 10.0. The molecule has 0 spiro atoms. The Morgan fingerprint density at radius 2 is 1.10 bits per heavy atom. The summed E-state index contributed by atoms with van der Waals surface area (Å²) >= 11 is 0. The average molecular weight is 689 g/mol. The number of alkyl halides is 6. The summed E-state index contributed by atoms with van der Waals surface area (Å²) in [6, 6.07) is 17.7. The van der Waals surface area contributed by atoms with E-state index < -0.39 is 44.9 Å². The fraction of sp³-hybridized carbons (Fsp3) is 0.172. The Morgan fingerprint density at radius 1 is 0.604 bits per heavy atom. The molecular weight excluding hydrogens is 666 g/mol. The first-order valence-corrected chi connectivity index (χ1v) is 15.3. The summed E-state index contributed by atoms with van der Waals surface area (Å²) in [5.41, 5.74) is -0.598. The number of sulfonamides is 1. The van der Waals surface area contributed by atoms with Crippen molar-refractivity contribution < 1.29 is 34.8 Å². The van der Waals surface area contributed by atoms with Gasteiger partial charge in [-0.05, 0) is 54.1 Å². The smallest absolute Gasteiger partial charge is 0.359 e. The molecule has 0 saturated heterocycles. The van der Waals surface area contributed by atoms with Crippen LogP contribution in [0, 0.1) is 0 Å². The van der Waals surface area contributed by atoms with E-state index in [1.165, 1.54) is 18.2 Å². The summed E-state index contributed by atoms with van der Waals surface area (Å²) < 4.78 is 108. The molecule has 6 aromatic rings. The Balaban J connectivity index is 1.45. The second-order valence-corrected chi connectivity index (χ2v) is 12.3. The Hall–Kier alpha value is -5.59. The van der Waals surface area contributed by atoms with Gasteiger partial charge in [0.05, 0.1) is 34.8 Å². The lowest BCUT2D eigenvalue weighted by Gasteiger charge is -2.29. The van der Waals surface area contributed by atoms with Crippen LogP contribution in [-0.4, -0.2) is 49.7 Å². The zero-order valence-electron chi connectivity index (χ0n) is 24.3. The molecule has 0 aliphatic carbocycles. The van der Waals surface area contributed by atoms with Crippen molar-refractivity contribution in [2.75, 3.05) is 9.21 Å². The number of benzene rings is 4. The maximum absolute atomic E-state index is 14.1. The number of hydrogen-bond acceptors (Lipinski definition) is 9. The standard InChI is InChI=1S/C29H22F6N10O2S/c30-28(31,32)19-7-5-18(6-8-19)15-44(16-26-36-40-41-37-26)24-13-14-25(23-4-2-1-3-22(23)24)45(17-27-38-42-43-39-27)48(46,47)21-11-9-20(10-12-21)29(33,34)35/h1-14H,15-17H2,(H,36,37,40,41)(H,38,39,42,43). The van der Waals surface area contributed by atoms with E-state index in [9.17, 15) is 34.8 Å². The molecule has 2 N–H and O–H groups in total. The summed E-state index contributed by atoms with van der Waals surface area (Å²) in [4.78, 5) is 1.38. The van der Waals surface area contributed by atoms with E-state index in [1.807, 2.05) is 0 Å². The minimum absolute atomic E-state index is 0.0142. The minimum atomic E-state index is -4.67. The molecule has 0 aliphatic heterocycles. The zero-order valence-corrected chi connectivity index (χ0v) is 25.1. The third kappa shape index (κ3) is 6.75. The van der Waals surface area contributed by atoms with Crippen molar-refractivity contribution in [1.29, 1.82) is 0 Å². The van der Waals surface area contributed by atoms with E-state index in [1.54, 1.807) is 35.2 Å². The maximum Gasteiger partial charge on any atom is 0.416 e. The van der Waals surface area contributed by atoms with Gasteiger partial charge >= 0.3 is 12.4 Å². The first kappa shape index (κ1) is 32.4. The van der Waals surface area contributed by atoms with Crippen LogP contribution in [0.4, 0.5) is 37.7 Å². The van der Waals surface area contributed by atoms with Crippen molar-refractivity contribution in [1.82, 2.24) is 41.2 Å². The Labute approximate surface area is 267 Å². The molecule has 48 heavy (non-hydrogen) atoms. The molecule has 19 heteroatoms. The van der Waals surface area contributed by atoms with E-state index >= 15 is 0 Å². The van der Waals surface area contributed by atoms with Crippen LogP contribution in [0.1, 0.15) is 28.3 Å². The number of fused-ring (bicyclic) bond motifs is 1. The molecule has 0 atom stereocenters. The summed E-state index contributed by atoms with van der Waals surface area (Å²) in [5.74, 6) is 0.262. The lowest BCUT2D eigenvalue weighted by Crippen LogP contribution is -2.31. The van der Waals surface area contributed by atoms with E-state index in [0.717, 1.165) is 28.6 Å². The van der Waals surface area contributed by atoms with Crippen LogP contribution in [0.25, 0.3) is 10.8 Å². The molecule has 6 rings (SSSR count). The van der Waals surface area contributed by atoms with Gasteiger partial charge in [0.15, 0.2) is 11.6 Å². The summed E-state index contributed by atoms with van der Waals surface area (Å²) in [6.45, 7) is -0.259. The maximum atomic E-state index is 14.1. The Kier molecular flexibility index (Phi) is 8.46. The average Bonchev–Trinajstić information content (AvgIpc) is 3.77. The third-order valence-corrected chi connectivity index (χ3v) is 9.08. The molecule has 12 nitrogen and oxygen atoms in total. The van der Waals surface area contributed by atoms with Crippen molar-refractivity contribution in [3.05, 3.63) is 113 Å². The van der Waals surface area contributed by atoms with Gasteiger partial charge in [0.25, 0.3) is 10.0 Å². The number of hydrogen-bond donors (Lipinski definition) is 2. The molecule has 248 valence electrons. The number of H-pyrrole nitrogens is 2. The van der Waals surface area contributed by atoms with Gasteiger partial charge in [-0.1, -0.05) is 46.8 Å². The highest BCUT2D eigenvalue weighted by molar-refractivity contribution is 7.92. The van der Waals surface area contributed by atoms with Gasteiger partial charge in [-0.3, -0.25) is 4.31 Å². The second kappa shape index (κ2) is 12.5. The monoisotopic (exact) mass is 688 g/mol. The predicted molar refractivity (Wildman–Crippen MR) is 158 cm³/mol. The first-order chi connectivity index (χ1) is 22.8. The number of anilines is 2. The van der Waals surface area contributed by atoms with Crippen molar-refractivity contribution in [2.24, 2.45) is 0 Å². The highest BCUT2D eigenvalue weighted by Crippen LogP contribution is 2.39. The molecule has 0 saturated carbocycles. The third-order valence-electron chi connectivity index (χ3n) is 7.31. The van der Waals surface area contributed by atoms with E-state index in [-0.39, 0.29) is 30.4 Å². The molecule has 0 aliphatic rings. The van der Waals surface area contributed by atoms with E-state index in [0.29, 0.717) is 34.2 Å². The van der Waals surface area contributed by atoms with Gasteiger partial charge in [-0.25, -0.2) is 8.42 Å². The second-order valence-electron chi connectivity index (χ2n) is 10.4. The van der Waals surface area contributed by atoms with Crippen LogP contribution < -0.4 is 9.21 Å². The van der Waals surface area contributed by atoms with Gasteiger partial charge in [-0.15, -0.1) is 20.4 Å². The lowest BCUT2D eigenvalue weighted by molar-refractivity contribution is -0.138. The van der Waals surface area contributed by atoms with Gasteiger partial charge < -0.3 is 4.90 Å². The molecule has 0 fully saturated rings. The Morgan fingerprint density at radius 3 is 1.62 bits per heavy atom. The van der Waals surface area contributed by atoms with Gasteiger partial charge in [0.1, 0.15) is 0 Å². The van der Waals surface area contributed by atoms with Gasteiger partial charge in [0.2, 0.25) is 0 Å². The van der Waals surface area contributed by atoms with Crippen LogP contribution in [-0.2, 0) is 42.0 Å². The summed E-state index contributed by atoms with van der Waals surface area (Å²) in [7, 11) is -4.52. The quantitative estimate of drug-likeness (QED) is 0.178. The van der Waals surface area contributed by atoms with Crippen LogP contribution in [0.2, 0.25) is 0 Å². The van der Waals surface area contributed by atoms with Crippen molar-refractivity contribution in [3.8, 4) is 0 Å². The fourth-order valence-electron chi connectivity index (χ4n) is 5.05. The molecular formula is C29H22F6N10O2S. The number of aromatic amines is 2. The molecule has 0 unspecified atom stereocenters. The molecule has 2 aromatic heterocycles. The number of aromatic nitrogens is 8. The number of tetrazole rings is 2.